The van der Waals surface area contributed by atoms with Gasteiger partial charge in [0.25, 0.3) is 0 Å². The Bertz CT molecular complexity index is 369. The van der Waals surface area contributed by atoms with Crippen LogP contribution in [0.4, 0.5) is 0 Å². The van der Waals surface area contributed by atoms with Gasteiger partial charge in [0.1, 0.15) is 0 Å². The lowest BCUT2D eigenvalue weighted by molar-refractivity contribution is 0.415. The Morgan fingerprint density at radius 2 is 1.81 bits per heavy atom. The summed E-state index contributed by atoms with van der Waals surface area (Å²) in [5.41, 5.74) is 6.72. The van der Waals surface area contributed by atoms with Crippen molar-refractivity contribution in [2.24, 2.45) is 15.9 Å². The summed E-state index contributed by atoms with van der Waals surface area (Å²) >= 11 is 0. The normalized spacial score (nSPS) is 11.8. The number of hydrazone groups is 2. The van der Waals surface area contributed by atoms with E-state index in [0.29, 0.717) is 5.96 Å². The summed E-state index contributed by atoms with van der Waals surface area (Å²) < 4.78 is 0. The lowest BCUT2D eigenvalue weighted by Crippen LogP contribution is -2.31. The lowest BCUT2D eigenvalue weighted by Gasteiger charge is -2.13. The van der Waals surface area contributed by atoms with Gasteiger partial charge in [0.05, 0.1) is 6.21 Å². The second kappa shape index (κ2) is 5.75. The van der Waals surface area contributed by atoms with E-state index in [1.54, 1.807) is 18.3 Å². The van der Waals surface area contributed by atoms with Crippen LogP contribution in [0.15, 0.2) is 40.5 Å². The minimum Gasteiger partial charge on any atom is -0.367 e. The molecule has 16 heavy (non-hydrogen) atoms. The monoisotopic (exact) mass is 219 g/mol. The van der Waals surface area contributed by atoms with Crippen molar-refractivity contribution in [2.75, 3.05) is 21.1 Å². The quantitative estimate of drug-likeness (QED) is 0.463. The summed E-state index contributed by atoms with van der Waals surface area (Å²) in [5.74, 6) is 0.345. The van der Waals surface area contributed by atoms with Crippen LogP contribution in [0, 0.1) is 0 Å². The molecule has 0 fully saturated rings. The number of rotatable bonds is 3. The predicted molar refractivity (Wildman–Crippen MR) is 67.1 cm³/mol. The minimum absolute atomic E-state index is 0.345. The maximum atomic E-state index is 5.70. The predicted octanol–water partition coefficient (Wildman–Crippen LogP) is 0.744. The fourth-order valence-electron chi connectivity index (χ4n) is 1.02. The number of hydrogen-bond donors (Lipinski definition) is 1. The summed E-state index contributed by atoms with van der Waals surface area (Å²) in [5, 5.41) is 11.4. The summed E-state index contributed by atoms with van der Waals surface area (Å²) in [6.45, 7) is 0. The van der Waals surface area contributed by atoms with Crippen molar-refractivity contribution in [3.8, 4) is 0 Å². The fourth-order valence-corrected chi connectivity index (χ4v) is 1.02. The molecule has 0 heterocycles. The van der Waals surface area contributed by atoms with E-state index in [9.17, 15) is 0 Å². The molecule has 0 unspecified atom stereocenters. The molecule has 0 saturated heterocycles. The molecule has 0 atom stereocenters. The number of hydrogen-bond acceptors (Lipinski definition) is 3. The molecule has 0 amide bonds. The van der Waals surface area contributed by atoms with E-state index in [4.69, 9.17) is 5.73 Å². The van der Waals surface area contributed by atoms with E-state index >= 15 is 0 Å². The molecule has 0 spiro atoms. The third-order valence-electron chi connectivity index (χ3n) is 1.81. The molecule has 1 rings (SSSR count). The van der Waals surface area contributed by atoms with Crippen LogP contribution in [-0.2, 0) is 0 Å². The van der Waals surface area contributed by atoms with Gasteiger partial charge < -0.3 is 5.73 Å². The van der Waals surface area contributed by atoms with Crippen LogP contribution in [0.5, 0.6) is 0 Å². The summed E-state index contributed by atoms with van der Waals surface area (Å²) in [4.78, 5) is 0. The first-order chi connectivity index (χ1) is 7.59. The second-order valence-corrected chi connectivity index (χ2v) is 3.48. The van der Waals surface area contributed by atoms with Gasteiger partial charge in [0.15, 0.2) is 0 Å². The molecule has 0 bridgehead atoms. The molecule has 86 valence electrons. The van der Waals surface area contributed by atoms with E-state index in [-0.39, 0.29) is 0 Å². The van der Waals surface area contributed by atoms with Gasteiger partial charge in [-0.05, 0) is 5.56 Å². The summed E-state index contributed by atoms with van der Waals surface area (Å²) in [6.07, 6.45) is 1.73. The van der Waals surface area contributed by atoms with Gasteiger partial charge >= 0.3 is 0 Å². The van der Waals surface area contributed by atoms with E-state index in [1.807, 2.05) is 44.4 Å². The molecule has 1 aromatic rings. The zero-order valence-corrected chi connectivity index (χ0v) is 9.83. The van der Waals surface area contributed by atoms with Crippen LogP contribution in [0.1, 0.15) is 5.56 Å². The van der Waals surface area contributed by atoms with Crippen LogP contribution < -0.4 is 5.73 Å². The van der Waals surface area contributed by atoms with Crippen LogP contribution in [0.2, 0.25) is 0 Å². The molecule has 0 saturated carbocycles. The molecule has 5 nitrogen and oxygen atoms in total. The molecule has 0 aliphatic rings. The van der Waals surface area contributed by atoms with E-state index in [0.717, 1.165) is 5.56 Å². The highest BCUT2D eigenvalue weighted by molar-refractivity contribution is 5.82. The third kappa shape index (κ3) is 4.00. The fraction of sp³-hybridized carbons (Fsp3) is 0.273. The molecular formula is C11H17N5. The van der Waals surface area contributed by atoms with Gasteiger partial charge in [-0.15, -0.1) is 5.10 Å². The van der Waals surface area contributed by atoms with E-state index in [2.05, 4.69) is 10.2 Å². The highest BCUT2D eigenvalue weighted by Gasteiger charge is 1.98. The molecule has 1 aromatic carbocycles. The van der Waals surface area contributed by atoms with Crippen LogP contribution in [0.3, 0.4) is 0 Å². The van der Waals surface area contributed by atoms with Crippen molar-refractivity contribution < 1.29 is 0 Å². The molecule has 0 aromatic heterocycles. The number of guanidine groups is 1. The first-order valence-corrected chi connectivity index (χ1v) is 4.94. The highest BCUT2D eigenvalue weighted by atomic mass is 15.5. The Morgan fingerprint density at radius 3 is 2.38 bits per heavy atom. The first kappa shape index (κ1) is 12.0. The lowest BCUT2D eigenvalue weighted by atomic mass is 10.2. The first-order valence-electron chi connectivity index (χ1n) is 4.94. The highest BCUT2D eigenvalue weighted by Crippen LogP contribution is 1.95. The Morgan fingerprint density at radius 1 is 1.19 bits per heavy atom. The van der Waals surface area contributed by atoms with Crippen molar-refractivity contribution >= 4 is 12.2 Å². The topological polar surface area (TPSA) is 57.2 Å². The van der Waals surface area contributed by atoms with Crippen molar-refractivity contribution in [2.45, 2.75) is 0 Å². The average Bonchev–Trinajstić information content (AvgIpc) is 2.26. The molecule has 0 aliphatic heterocycles. The van der Waals surface area contributed by atoms with Gasteiger partial charge in [0, 0.05) is 21.1 Å². The van der Waals surface area contributed by atoms with Crippen LogP contribution >= 0.6 is 0 Å². The number of nitrogens with zero attached hydrogens (tertiary/aromatic N) is 4. The largest absolute Gasteiger partial charge is 0.367 e. The Labute approximate surface area is 95.8 Å². The van der Waals surface area contributed by atoms with Gasteiger partial charge in [-0.1, -0.05) is 30.3 Å². The van der Waals surface area contributed by atoms with Crippen LogP contribution in [-0.4, -0.2) is 43.3 Å². The smallest absolute Gasteiger partial charge is 0.234 e. The van der Waals surface area contributed by atoms with E-state index in [1.165, 1.54) is 5.01 Å². The summed E-state index contributed by atoms with van der Waals surface area (Å²) in [7, 11) is 5.37. The van der Waals surface area contributed by atoms with Gasteiger partial charge in [0.2, 0.25) is 5.96 Å². The van der Waals surface area contributed by atoms with Crippen molar-refractivity contribution in [1.82, 2.24) is 10.0 Å². The third-order valence-corrected chi connectivity index (χ3v) is 1.81. The number of benzene rings is 1. The minimum atomic E-state index is 0.345. The standard InChI is InChI=1S/C11H17N5/c1-15(2)14-11(12)16(3)13-9-10-7-5-4-6-8-10/h4-9H,1-3H3,(H2,12,14)/b13-9+. The number of nitrogens with two attached hydrogens (primary N) is 1. The molecule has 2 N–H and O–H groups in total. The van der Waals surface area contributed by atoms with E-state index < -0.39 is 0 Å². The van der Waals surface area contributed by atoms with Crippen molar-refractivity contribution in [1.29, 1.82) is 0 Å². The Hall–Kier alpha value is -2.04. The summed E-state index contributed by atoms with van der Waals surface area (Å²) in [6, 6.07) is 9.81. The SMILES string of the molecule is CN(C)/N=C(\N)N(C)/N=C/c1ccccc1. The van der Waals surface area contributed by atoms with Crippen LogP contribution in [0.25, 0.3) is 0 Å². The Kier molecular flexibility index (Phi) is 4.32. The van der Waals surface area contributed by atoms with Gasteiger partial charge in [-0.25, -0.2) is 5.01 Å². The average molecular weight is 219 g/mol. The zero-order valence-electron chi connectivity index (χ0n) is 9.83. The van der Waals surface area contributed by atoms with Gasteiger partial charge in [-0.2, -0.15) is 5.10 Å². The molecule has 5 heteroatoms. The maximum absolute atomic E-state index is 5.70. The van der Waals surface area contributed by atoms with Gasteiger partial charge in [-0.3, -0.25) is 5.01 Å². The molecule has 0 aliphatic carbocycles. The van der Waals surface area contributed by atoms with Crippen molar-refractivity contribution in [3.63, 3.8) is 0 Å². The molecular weight excluding hydrogens is 202 g/mol. The van der Waals surface area contributed by atoms with Crippen molar-refractivity contribution in [3.05, 3.63) is 35.9 Å². The molecule has 0 radical (unpaired) electrons. The second-order valence-electron chi connectivity index (χ2n) is 3.48. The Balaban J connectivity index is 2.64. The maximum Gasteiger partial charge on any atom is 0.234 e. The zero-order chi connectivity index (χ0) is 12.0.